The number of aryl methyl sites for hydroxylation is 2. The molecular weight excluding hydrogens is 282 g/mol. The molecular formula is C12H15N3O2S2. The predicted octanol–water partition coefficient (Wildman–Crippen LogP) is 0.930. The largest absolute Gasteiger partial charge is 0.330 e. The number of fused-ring (bicyclic) bond motifs is 1. The minimum atomic E-state index is -0.464. The van der Waals surface area contributed by atoms with Crippen LogP contribution in [-0.2, 0) is 6.54 Å². The molecule has 0 aliphatic carbocycles. The first-order valence-electron chi connectivity index (χ1n) is 5.84. The third-order valence-corrected chi connectivity index (χ3v) is 4.09. The lowest BCUT2D eigenvalue weighted by Gasteiger charge is -2.10. The molecule has 0 unspecified atom stereocenters. The van der Waals surface area contributed by atoms with Gasteiger partial charge < -0.3 is 0 Å². The third kappa shape index (κ3) is 2.71. The lowest BCUT2D eigenvalue weighted by atomic mass is 10.2. The van der Waals surface area contributed by atoms with Crippen LogP contribution in [0.15, 0.2) is 15.7 Å². The molecule has 102 valence electrons. The van der Waals surface area contributed by atoms with Crippen molar-refractivity contribution in [2.75, 3.05) is 5.75 Å². The highest BCUT2D eigenvalue weighted by molar-refractivity contribution is 7.84. The number of hydrogen-bond acceptors (Lipinski definition) is 5. The smallest absolute Gasteiger partial charge is 0.291 e. The number of rotatable bonds is 3. The second-order valence-corrected chi connectivity index (χ2v) is 5.56. The van der Waals surface area contributed by atoms with Gasteiger partial charge in [0, 0.05) is 23.2 Å². The van der Waals surface area contributed by atoms with Crippen molar-refractivity contribution in [3.8, 4) is 0 Å². The van der Waals surface area contributed by atoms with Crippen LogP contribution in [0.5, 0.6) is 0 Å². The van der Waals surface area contributed by atoms with E-state index in [1.807, 2.05) is 13.8 Å². The van der Waals surface area contributed by atoms with E-state index in [1.54, 1.807) is 6.07 Å². The van der Waals surface area contributed by atoms with Crippen molar-refractivity contribution < 1.29 is 0 Å². The monoisotopic (exact) mass is 297 g/mol. The van der Waals surface area contributed by atoms with Crippen molar-refractivity contribution >= 4 is 36.3 Å². The molecule has 2 rings (SSSR count). The van der Waals surface area contributed by atoms with Crippen molar-refractivity contribution in [2.45, 2.75) is 25.6 Å². The Hall–Kier alpha value is -1.21. The average molecular weight is 297 g/mol. The highest BCUT2D eigenvalue weighted by atomic mass is 32.1. The van der Waals surface area contributed by atoms with Crippen molar-refractivity contribution in [1.29, 1.82) is 0 Å². The van der Waals surface area contributed by atoms with Gasteiger partial charge in [-0.2, -0.15) is 25.3 Å². The minimum absolute atomic E-state index is 0.154. The molecule has 0 saturated carbocycles. The van der Waals surface area contributed by atoms with Gasteiger partial charge in [-0.25, -0.2) is 9.78 Å². The summed E-state index contributed by atoms with van der Waals surface area (Å²) in [6.07, 6.45) is 0. The van der Waals surface area contributed by atoms with Crippen LogP contribution in [0, 0.1) is 13.8 Å². The van der Waals surface area contributed by atoms with E-state index in [2.05, 4.69) is 35.2 Å². The first-order valence-corrected chi connectivity index (χ1v) is 6.99. The van der Waals surface area contributed by atoms with Crippen LogP contribution in [0.25, 0.3) is 11.0 Å². The van der Waals surface area contributed by atoms with E-state index in [1.165, 1.54) is 0 Å². The molecule has 0 saturated heterocycles. The Bertz CT molecular complexity index is 736. The first kappa shape index (κ1) is 14.2. The Kier molecular flexibility index (Phi) is 4.05. The van der Waals surface area contributed by atoms with Gasteiger partial charge in [-0.15, -0.1) is 0 Å². The summed E-state index contributed by atoms with van der Waals surface area (Å²) in [6.45, 7) is 3.94. The molecule has 19 heavy (non-hydrogen) atoms. The molecule has 1 N–H and O–H groups in total. The molecule has 2 aromatic heterocycles. The fourth-order valence-electron chi connectivity index (χ4n) is 1.80. The molecule has 0 bridgehead atoms. The summed E-state index contributed by atoms with van der Waals surface area (Å²) in [5.74, 6) is 0.484. The molecule has 0 aliphatic heterocycles. The van der Waals surface area contributed by atoms with Crippen molar-refractivity contribution in [3.05, 3.63) is 38.2 Å². The fraction of sp³-hybridized carbons (Fsp3) is 0.417. The maximum absolute atomic E-state index is 12.3. The van der Waals surface area contributed by atoms with Gasteiger partial charge in [0.05, 0.1) is 5.39 Å². The highest BCUT2D eigenvalue weighted by Crippen LogP contribution is 2.09. The van der Waals surface area contributed by atoms with Crippen LogP contribution in [0.1, 0.15) is 11.3 Å². The lowest BCUT2D eigenvalue weighted by Crippen LogP contribution is -2.38. The summed E-state index contributed by atoms with van der Waals surface area (Å²) < 4.78 is 1.15. The predicted molar refractivity (Wildman–Crippen MR) is 82.7 cm³/mol. The number of H-pyrrole nitrogens is 1. The number of nitrogens with zero attached hydrogens (tertiary/aromatic N) is 2. The van der Waals surface area contributed by atoms with Gasteiger partial charge in [-0.05, 0) is 25.5 Å². The first-order chi connectivity index (χ1) is 8.93. The summed E-state index contributed by atoms with van der Waals surface area (Å²) in [6, 6.07) is 1.75. The molecule has 0 amide bonds. The normalized spacial score (nSPS) is 12.8. The molecule has 0 radical (unpaired) electrons. The number of pyridine rings is 1. The number of thiol groups is 2. The van der Waals surface area contributed by atoms with Crippen LogP contribution < -0.4 is 11.2 Å². The summed E-state index contributed by atoms with van der Waals surface area (Å²) in [5.41, 5.74) is 1.24. The van der Waals surface area contributed by atoms with Crippen LogP contribution in [-0.4, -0.2) is 25.5 Å². The molecule has 5 nitrogen and oxygen atoms in total. The molecule has 0 spiro atoms. The number of aromatic nitrogens is 3. The SMILES string of the molecule is Cc1cc2c(=O)n(C[C@@H](S)CS)c(=O)[nH]c2nc1C. The molecule has 1 atom stereocenters. The van der Waals surface area contributed by atoms with Crippen molar-refractivity contribution in [3.63, 3.8) is 0 Å². The fourth-order valence-corrected chi connectivity index (χ4v) is 2.08. The lowest BCUT2D eigenvalue weighted by molar-refractivity contribution is 0.638. The second kappa shape index (κ2) is 5.42. The van der Waals surface area contributed by atoms with E-state index >= 15 is 0 Å². The third-order valence-electron chi connectivity index (χ3n) is 3.02. The Balaban J connectivity index is 2.71. The van der Waals surface area contributed by atoms with Gasteiger partial charge in [0.15, 0.2) is 0 Å². The van der Waals surface area contributed by atoms with Crippen LogP contribution in [0.3, 0.4) is 0 Å². The summed E-state index contributed by atoms with van der Waals surface area (Å²) in [7, 11) is 0. The van der Waals surface area contributed by atoms with Gasteiger partial charge in [0.25, 0.3) is 5.56 Å². The zero-order valence-corrected chi connectivity index (χ0v) is 12.5. The Labute approximate surface area is 120 Å². The van der Waals surface area contributed by atoms with Crippen molar-refractivity contribution in [1.82, 2.24) is 14.5 Å². The van der Waals surface area contributed by atoms with Crippen LogP contribution in [0.4, 0.5) is 0 Å². The quantitative estimate of drug-likeness (QED) is 0.738. The maximum Gasteiger partial charge on any atom is 0.330 e. The molecule has 0 aliphatic rings. The van der Waals surface area contributed by atoms with Gasteiger partial charge in [0.2, 0.25) is 0 Å². The Morgan fingerprint density at radius 1 is 1.42 bits per heavy atom. The zero-order valence-electron chi connectivity index (χ0n) is 10.7. The highest BCUT2D eigenvalue weighted by Gasteiger charge is 2.12. The van der Waals surface area contributed by atoms with Gasteiger partial charge in [-0.3, -0.25) is 14.3 Å². The standard InChI is InChI=1S/C12H15N3O2S2/c1-6-3-9-10(13-7(6)2)14-12(17)15(11(9)16)4-8(19)5-18/h3,8,18-19H,4-5H2,1-2H3,(H,13,14,17)/t8-/m1/s1. The van der Waals surface area contributed by atoms with Crippen LogP contribution >= 0.6 is 25.3 Å². The molecule has 0 fully saturated rings. The molecule has 0 aromatic carbocycles. The van der Waals surface area contributed by atoms with E-state index in [-0.39, 0.29) is 17.4 Å². The minimum Gasteiger partial charge on any atom is -0.291 e. The summed E-state index contributed by atoms with van der Waals surface area (Å²) in [4.78, 5) is 31.1. The van der Waals surface area contributed by atoms with Crippen LogP contribution in [0.2, 0.25) is 0 Å². The summed E-state index contributed by atoms with van der Waals surface area (Å²) >= 11 is 8.36. The maximum atomic E-state index is 12.3. The van der Waals surface area contributed by atoms with Crippen molar-refractivity contribution in [2.24, 2.45) is 0 Å². The zero-order chi connectivity index (χ0) is 14.2. The summed E-state index contributed by atoms with van der Waals surface area (Å²) in [5, 5.41) is 0.265. The van der Waals surface area contributed by atoms with Gasteiger partial charge in [0.1, 0.15) is 5.65 Å². The molecule has 2 heterocycles. The Morgan fingerprint density at radius 3 is 2.74 bits per heavy atom. The van der Waals surface area contributed by atoms with E-state index in [4.69, 9.17) is 0 Å². The number of aromatic amines is 1. The second-order valence-electron chi connectivity index (χ2n) is 4.47. The Morgan fingerprint density at radius 2 is 2.11 bits per heavy atom. The number of nitrogens with one attached hydrogen (secondary N) is 1. The average Bonchev–Trinajstić information content (AvgIpc) is 2.37. The van der Waals surface area contributed by atoms with Gasteiger partial charge >= 0.3 is 5.69 Å². The van der Waals surface area contributed by atoms with E-state index < -0.39 is 5.69 Å². The van der Waals surface area contributed by atoms with E-state index in [0.29, 0.717) is 16.8 Å². The molecule has 7 heteroatoms. The van der Waals surface area contributed by atoms with E-state index in [9.17, 15) is 9.59 Å². The van der Waals surface area contributed by atoms with Gasteiger partial charge in [-0.1, -0.05) is 0 Å². The topological polar surface area (TPSA) is 67.8 Å². The molecule has 2 aromatic rings. The number of hydrogen-bond donors (Lipinski definition) is 3. The van der Waals surface area contributed by atoms with E-state index in [0.717, 1.165) is 15.8 Å².